The minimum atomic E-state index is 0.298. The molecule has 0 heterocycles. The molecule has 15 heavy (non-hydrogen) atoms. The Kier molecular flexibility index (Phi) is 4.38. The Morgan fingerprint density at radius 1 is 1.27 bits per heavy atom. The maximum atomic E-state index is 4.12. The Morgan fingerprint density at radius 3 is 2.73 bits per heavy atom. The molecule has 0 fully saturated rings. The third kappa shape index (κ3) is 5.01. The van der Waals surface area contributed by atoms with Crippen LogP contribution in [-0.2, 0) is 0 Å². The van der Waals surface area contributed by atoms with Gasteiger partial charge in [-0.2, -0.15) is 0 Å². The maximum Gasteiger partial charge on any atom is -0.0140 e. The molecule has 0 radical (unpaired) electrons. The van der Waals surface area contributed by atoms with Crippen LogP contribution in [0.15, 0.2) is 36.0 Å². The molecule has 0 aromatic carbocycles. The van der Waals surface area contributed by atoms with Crippen LogP contribution in [0, 0.1) is 5.41 Å². The molecule has 1 rings (SSSR count). The van der Waals surface area contributed by atoms with Gasteiger partial charge in [0.15, 0.2) is 0 Å². The van der Waals surface area contributed by atoms with Crippen molar-refractivity contribution in [1.29, 1.82) is 0 Å². The summed E-state index contributed by atoms with van der Waals surface area (Å²) >= 11 is 0. The van der Waals surface area contributed by atoms with E-state index in [4.69, 9.17) is 0 Å². The highest BCUT2D eigenvalue weighted by atomic mass is 14.2. The fourth-order valence-corrected chi connectivity index (χ4v) is 1.87. The van der Waals surface area contributed by atoms with E-state index in [9.17, 15) is 0 Å². The standard InChI is InChI=1S/C15H24/c1-13-7-5-8-14(2)10-12-15(3,4)11-6-9-13/h6,10-11H,1,5,7-9,12H2,2-4H3. The van der Waals surface area contributed by atoms with Crippen molar-refractivity contribution in [3.8, 4) is 0 Å². The Labute approximate surface area is 94.8 Å². The molecule has 0 spiro atoms. The molecule has 0 saturated heterocycles. The normalized spacial score (nSPS) is 23.1. The van der Waals surface area contributed by atoms with E-state index in [1.54, 1.807) is 0 Å². The number of rotatable bonds is 0. The summed E-state index contributed by atoms with van der Waals surface area (Å²) in [7, 11) is 0. The van der Waals surface area contributed by atoms with Gasteiger partial charge in [-0.05, 0) is 44.4 Å². The molecular weight excluding hydrogens is 180 g/mol. The Hall–Kier alpha value is -0.780. The molecule has 0 unspecified atom stereocenters. The van der Waals surface area contributed by atoms with E-state index >= 15 is 0 Å². The molecule has 0 bridgehead atoms. The van der Waals surface area contributed by atoms with E-state index in [2.05, 4.69) is 45.6 Å². The smallest absolute Gasteiger partial charge is 0.0140 e. The highest BCUT2D eigenvalue weighted by molar-refractivity contribution is 5.10. The van der Waals surface area contributed by atoms with Crippen LogP contribution in [0.2, 0.25) is 0 Å². The number of hydrogen-bond acceptors (Lipinski definition) is 0. The largest absolute Gasteiger partial charge is 0.0995 e. The molecule has 0 heteroatoms. The lowest BCUT2D eigenvalue weighted by molar-refractivity contribution is 0.486. The molecule has 1 aliphatic carbocycles. The molecule has 0 atom stereocenters. The molecule has 0 nitrogen and oxygen atoms in total. The zero-order chi connectivity index (χ0) is 11.3. The molecule has 0 aliphatic heterocycles. The first kappa shape index (κ1) is 12.3. The van der Waals surface area contributed by atoms with E-state index in [0.717, 1.165) is 12.8 Å². The van der Waals surface area contributed by atoms with Gasteiger partial charge in [-0.15, -0.1) is 0 Å². The predicted octanol–water partition coefficient (Wildman–Crippen LogP) is 5.04. The van der Waals surface area contributed by atoms with Crippen LogP contribution in [0.25, 0.3) is 0 Å². The molecule has 84 valence electrons. The Morgan fingerprint density at radius 2 is 2.00 bits per heavy atom. The summed E-state index contributed by atoms with van der Waals surface area (Å²) in [6.45, 7) is 11.0. The second-order valence-electron chi connectivity index (χ2n) is 5.45. The van der Waals surface area contributed by atoms with Gasteiger partial charge in [0.1, 0.15) is 0 Å². The quantitative estimate of drug-likeness (QED) is 0.485. The van der Waals surface area contributed by atoms with Crippen molar-refractivity contribution < 1.29 is 0 Å². The summed E-state index contributed by atoms with van der Waals surface area (Å²) < 4.78 is 0. The Bertz CT molecular complexity index is 276. The Balaban J connectivity index is 2.73. The highest BCUT2D eigenvalue weighted by Gasteiger charge is 2.12. The average Bonchev–Trinajstić information content (AvgIpc) is 2.15. The first-order valence-corrected chi connectivity index (χ1v) is 5.99. The molecule has 0 aromatic heterocycles. The van der Waals surface area contributed by atoms with Gasteiger partial charge in [0, 0.05) is 0 Å². The van der Waals surface area contributed by atoms with Crippen molar-refractivity contribution in [1.82, 2.24) is 0 Å². The molecule has 1 aliphatic rings. The minimum Gasteiger partial charge on any atom is -0.0995 e. The predicted molar refractivity (Wildman–Crippen MR) is 68.9 cm³/mol. The molecule has 0 amide bonds. The van der Waals surface area contributed by atoms with Gasteiger partial charge >= 0.3 is 0 Å². The van der Waals surface area contributed by atoms with Crippen molar-refractivity contribution in [2.24, 2.45) is 5.41 Å². The van der Waals surface area contributed by atoms with Crippen molar-refractivity contribution in [2.75, 3.05) is 0 Å². The zero-order valence-corrected chi connectivity index (χ0v) is 10.5. The van der Waals surface area contributed by atoms with E-state index in [0.29, 0.717) is 5.41 Å². The van der Waals surface area contributed by atoms with Crippen molar-refractivity contribution in [3.05, 3.63) is 36.0 Å². The fraction of sp³-hybridized carbons (Fsp3) is 0.600. The molecule has 0 N–H and O–H groups in total. The van der Waals surface area contributed by atoms with Gasteiger partial charge in [0.05, 0.1) is 0 Å². The van der Waals surface area contributed by atoms with E-state index in [-0.39, 0.29) is 0 Å². The van der Waals surface area contributed by atoms with Crippen molar-refractivity contribution in [2.45, 2.75) is 52.9 Å². The third-order valence-electron chi connectivity index (χ3n) is 3.05. The summed E-state index contributed by atoms with van der Waals surface area (Å²) in [6.07, 6.45) is 12.9. The summed E-state index contributed by atoms with van der Waals surface area (Å²) in [5, 5.41) is 0. The van der Waals surface area contributed by atoms with Crippen LogP contribution < -0.4 is 0 Å². The molecule has 0 saturated carbocycles. The first-order chi connectivity index (χ1) is 6.99. The third-order valence-corrected chi connectivity index (χ3v) is 3.05. The highest BCUT2D eigenvalue weighted by Crippen LogP contribution is 2.26. The lowest BCUT2D eigenvalue weighted by atomic mass is 9.87. The van der Waals surface area contributed by atoms with Crippen LogP contribution in [0.4, 0.5) is 0 Å². The number of hydrogen-bond donors (Lipinski definition) is 0. The molecule has 0 aromatic rings. The fourth-order valence-electron chi connectivity index (χ4n) is 1.87. The van der Waals surface area contributed by atoms with Crippen molar-refractivity contribution >= 4 is 0 Å². The summed E-state index contributed by atoms with van der Waals surface area (Å²) in [5.74, 6) is 0. The second-order valence-corrected chi connectivity index (χ2v) is 5.45. The van der Waals surface area contributed by atoms with Crippen LogP contribution in [0.1, 0.15) is 52.9 Å². The van der Waals surface area contributed by atoms with Crippen molar-refractivity contribution in [3.63, 3.8) is 0 Å². The van der Waals surface area contributed by atoms with Gasteiger partial charge in [-0.1, -0.05) is 49.8 Å². The van der Waals surface area contributed by atoms with Gasteiger partial charge in [-0.3, -0.25) is 0 Å². The zero-order valence-electron chi connectivity index (χ0n) is 10.5. The second kappa shape index (κ2) is 5.34. The molecular formula is C15H24. The topological polar surface area (TPSA) is 0 Å². The lowest BCUT2D eigenvalue weighted by Gasteiger charge is -2.18. The summed E-state index contributed by atoms with van der Waals surface area (Å²) in [6, 6.07) is 0. The van der Waals surface area contributed by atoms with E-state index in [1.165, 1.54) is 30.4 Å². The van der Waals surface area contributed by atoms with Gasteiger partial charge < -0.3 is 0 Å². The van der Waals surface area contributed by atoms with E-state index in [1.807, 2.05) is 0 Å². The van der Waals surface area contributed by atoms with Gasteiger partial charge in [0.2, 0.25) is 0 Å². The first-order valence-electron chi connectivity index (χ1n) is 5.99. The van der Waals surface area contributed by atoms with Crippen LogP contribution in [0.3, 0.4) is 0 Å². The maximum absolute atomic E-state index is 4.12. The monoisotopic (exact) mass is 204 g/mol. The lowest BCUT2D eigenvalue weighted by Crippen LogP contribution is -2.05. The van der Waals surface area contributed by atoms with Crippen LogP contribution in [0.5, 0.6) is 0 Å². The van der Waals surface area contributed by atoms with Gasteiger partial charge in [-0.25, -0.2) is 0 Å². The van der Waals surface area contributed by atoms with Crippen LogP contribution >= 0.6 is 0 Å². The number of allylic oxidation sites excluding steroid dienone is 5. The minimum absolute atomic E-state index is 0.298. The van der Waals surface area contributed by atoms with Crippen LogP contribution in [-0.4, -0.2) is 0 Å². The van der Waals surface area contributed by atoms with Gasteiger partial charge in [0.25, 0.3) is 0 Å². The summed E-state index contributed by atoms with van der Waals surface area (Å²) in [5.41, 5.74) is 3.20. The SMILES string of the molecule is C=C1CC=CC(C)(C)CC=C(C)CCC1. The van der Waals surface area contributed by atoms with E-state index < -0.39 is 0 Å². The summed E-state index contributed by atoms with van der Waals surface area (Å²) in [4.78, 5) is 0. The average molecular weight is 204 g/mol.